The highest BCUT2D eigenvalue weighted by molar-refractivity contribution is 7.93. The maximum atomic E-state index is 14.0. The number of furan rings is 1. The highest BCUT2D eigenvalue weighted by Crippen LogP contribution is 2.34. The number of esters is 1. The molecule has 180 valence electrons. The molecule has 1 aromatic heterocycles. The Morgan fingerprint density at radius 1 is 0.857 bits per heavy atom. The van der Waals surface area contributed by atoms with Crippen molar-refractivity contribution >= 4 is 38.6 Å². The van der Waals surface area contributed by atoms with Crippen molar-refractivity contribution in [2.75, 3.05) is 11.4 Å². The Hall–Kier alpha value is -3.91. The van der Waals surface area contributed by atoms with Crippen LogP contribution in [0.2, 0.25) is 0 Å². The maximum Gasteiger partial charge on any atom is 0.342 e. The van der Waals surface area contributed by atoms with Crippen molar-refractivity contribution in [1.82, 2.24) is 0 Å². The minimum atomic E-state index is -4.33. The number of hydrogen-bond donors (Lipinski definition) is 0. The summed E-state index contributed by atoms with van der Waals surface area (Å²) in [5.74, 6) is -1.01. The van der Waals surface area contributed by atoms with E-state index in [1.165, 1.54) is 25.3 Å². The third-order valence-corrected chi connectivity index (χ3v) is 7.84. The second-order valence-electron chi connectivity index (χ2n) is 8.35. The minimum Gasteiger partial charge on any atom is -0.465 e. The largest absolute Gasteiger partial charge is 0.465 e. The molecule has 4 rings (SSSR count). The molecule has 1 heterocycles. The number of carbonyl (C=O) groups is 2. The fourth-order valence-electron chi connectivity index (χ4n) is 4.06. The van der Waals surface area contributed by atoms with Crippen LogP contribution in [0.15, 0.2) is 70.0 Å². The summed E-state index contributed by atoms with van der Waals surface area (Å²) in [6, 6.07) is 16.0. The van der Waals surface area contributed by atoms with Crippen LogP contribution in [0.5, 0.6) is 0 Å². The standard InChI is InChI=1S/C27H25NO6S/c1-16-13-18(3)24(14-17(16)2)35(31,32)28(26(29)20-9-7-6-8-10-20)21-11-12-23-22(15-21)25(19(4)34-23)27(30)33-5/h6-15H,1-5H3. The highest BCUT2D eigenvalue weighted by Gasteiger charge is 2.34. The smallest absolute Gasteiger partial charge is 0.342 e. The Balaban J connectivity index is 1.99. The van der Waals surface area contributed by atoms with Crippen LogP contribution >= 0.6 is 0 Å². The fraction of sp³-hybridized carbons (Fsp3) is 0.185. The van der Waals surface area contributed by atoms with Gasteiger partial charge in [0.25, 0.3) is 15.9 Å². The Bertz CT molecular complexity index is 1570. The maximum absolute atomic E-state index is 14.0. The van der Waals surface area contributed by atoms with Gasteiger partial charge in [0.05, 0.1) is 17.7 Å². The summed E-state index contributed by atoms with van der Waals surface area (Å²) in [7, 11) is -3.08. The number of sulfonamides is 1. The Morgan fingerprint density at radius 3 is 2.17 bits per heavy atom. The first kappa shape index (κ1) is 24.2. The van der Waals surface area contributed by atoms with E-state index in [0.717, 1.165) is 15.4 Å². The van der Waals surface area contributed by atoms with Crippen LogP contribution in [0.1, 0.15) is 43.2 Å². The van der Waals surface area contributed by atoms with Crippen LogP contribution in [-0.2, 0) is 14.8 Å². The molecule has 35 heavy (non-hydrogen) atoms. The Labute approximate surface area is 204 Å². The van der Waals surface area contributed by atoms with Gasteiger partial charge < -0.3 is 9.15 Å². The fourth-order valence-corrected chi connectivity index (χ4v) is 5.77. The zero-order valence-corrected chi connectivity index (χ0v) is 20.9. The molecule has 0 radical (unpaired) electrons. The molecular formula is C27H25NO6S. The predicted molar refractivity (Wildman–Crippen MR) is 133 cm³/mol. The number of benzene rings is 3. The average molecular weight is 492 g/mol. The van der Waals surface area contributed by atoms with Crippen LogP contribution in [-0.4, -0.2) is 27.4 Å². The van der Waals surface area contributed by atoms with Gasteiger partial charge in [0, 0.05) is 10.9 Å². The van der Waals surface area contributed by atoms with E-state index in [4.69, 9.17) is 9.15 Å². The van der Waals surface area contributed by atoms with Gasteiger partial charge in [-0.15, -0.1) is 0 Å². The van der Waals surface area contributed by atoms with Crippen LogP contribution in [0, 0.1) is 27.7 Å². The van der Waals surface area contributed by atoms with E-state index in [0.29, 0.717) is 22.3 Å². The van der Waals surface area contributed by atoms with Gasteiger partial charge in [0.1, 0.15) is 16.9 Å². The summed E-state index contributed by atoms with van der Waals surface area (Å²) in [5.41, 5.74) is 3.09. The normalized spacial score (nSPS) is 11.5. The molecule has 0 aliphatic carbocycles. The summed E-state index contributed by atoms with van der Waals surface area (Å²) in [4.78, 5) is 26.1. The second kappa shape index (κ2) is 9.03. The molecule has 0 spiro atoms. The van der Waals surface area contributed by atoms with Crippen LogP contribution in [0.25, 0.3) is 11.0 Å². The molecule has 0 aliphatic heterocycles. The molecule has 0 N–H and O–H groups in total. The zero-order valence-electron chi connectivity index (χ0n) is 20.1. The Morgan fingerprint density at radius 2 is 1.51 bits per heavy atom. The van der Waals surface area contributed by atoms with E-state index >= 15 is 0 Å². The first-order chi connectivity index (χ1) is 16.6. The summed E-state index contributed by atoms with van der Waals surface area (Å²) < 4.78 is 39.4. The van der Waals surface area contributed by atoms with Gasteiger partial charge in [-0.3, -0.25) is 4.79 Å². The summed E-state index contributed by atoms with van der Waals surface area (Å²) >= 11 is 0. The van der Waals surface area contributed by atoms with Crippen molar-refractivity contribution in [3.05, 3.63) is 94.2 Å². The first-order valence-corrected chi connectivity index (χ1v) is 12.3. The number of hydrogen-bond acceptors (Lipinski definition) is 6. The number of aryl methyl sites for hydroxylation is 4. The topological polar surface area (TPSA) is 93.9 Å². The van der Waals surface area contributed by atoms with Crippen molar-refractivity contribution in [3.63, 3.8) is 0 Å². The number of ether oxygens (including phenoxy) is 1. The van der Waals surface area contributed by atoms with E-state index in [9.17, 15) is 18.0 Å². The van der Waals surface area contributed by atoms with E-state index in [-0.39, 0.29) is 21.7 Å². The zero-order chi connectivity index (χ0) is 25.5. The first-order valence-electron chi connectivity index (χ1n) is 10.9. The molecule has 7 nitrogen and oxygen atoms in total. The monoisotopic (exact) mass is 491 g/mol. The molecule has 8 heteroatoms. The second-order valence-corrected chi connectivity index (χ2v) is 10.1. The van der Waals surface area contributed by atoms with Crippen LogP contribution < -0.4 is 4.31 Å². The van der Waals surface area contributed by atoms with Crippen LogP contribution in [0.4, 0.5) is 5.69 Å². The molecule has 0 saturated heterocycles. The van der Waals surface area contributed by atoms with Gasteiger partial charge in [0.2, 0.25) is 0 Å². The third kappa shape index (κ3) is 4.21. The number of anilines is 1. The SMILES string of the molecule is COC(=O)c1c(C)oc2ccc(N(C(=O)c3ccccc3)S(=O)(=O)c3cc(C)c(C)cc3C)cc12. The number of rotatable bonds is 5. The summed E-state index contributed by atoms with van der Waals surface area (Å²) in [6.45, 7) is 7.03. The summed E-state index contributed by atoms with van der Waals surface area (Å²) in [6.07, 6.45) is 0. The number of carbonyl (C=O) groups excluding carboxylic acids is 2. The molecular weight excluding hydrogens is 466 g/mol. The number of methoxy groups -OCH3 is 1. The molecule has 0 bridgehead atoms. The van der Waals surface area contributed by atoms with Gasteiger partial charge in [-0.25, -0.2) is 13.2 Å². The molecule has 0 aliphatic rings. The van der Waals surface area contributed by atoms with Crippen molar-refractivity contribution < 1.29 is 27.2 Å². The average Bonchev–Trinajstić information content (AvgIpc) is 3.16. The highest BCUT2D eigenvalue weighted by atomic mass is 32.2. The summed E-state index contributed by atoms with van der Waals surface area (Å²) in [5, 5.41) is 0.352. The number of fused-ring (bicyclic) bond motifs is 1. The van der Waals surface area contributed by atoms with Crippen molar-refractivity contribution in [3.8, 4) is 0 Å². The lowest BCUT2D eigenvalue weighted by Crippen LogP contribution is -2.37. The molecule has 3 aromatic carbocycles. The lowest BCUT2D eigenvalue weighted by molar-refractivity contribution is 0.0600. The molecule has 1 amide bonds. The van der Waals surface area contributed by atoms with E-state index in [1.54, 1.807) is 56.3 Å². The van der Waals surface area contributed by atoms with Crippen LogP contribution in [0.3, 0.4) is 0 Å². The van der Waals surface area contributed by atoms with Crippen molar-refractivity contribution in [1.29, 1.82) is 0 Å². The van der Waals surface area contributed by atoms with Gasteiger partial charge in [0.15, 0.2) is 0 Å². The Kier molecular flexibility index (Phi) is 6.25. The number of amides is 1. The van der Waals surface area contributed by atoms with Gasteiger partial charge in [-0.2, -0.15) is 4.31 Å². The number of nitrogens with zero attached hydrogens (tertiary/aromatic N) is 1. The van der Waals surface area contributed by atoms with Gasteiger partial charge >= 0.3 is 5.97 Å². The molecule has 0 atom stereocenters. The predicted octanol–water partition coefficient (Wildman–Crippen LogP) is 5.49. The molecule has 0 unspecified atom stereocenters. The molecule has 4 aromatic rings. The van der Waals surface area contributed by atoms with E-state index < -0.39 is 21.9 Å². The lowest BCUT2D eigenvalue weighted by atomic mass is 10.1. The van der Waals surface area contributed by atoms with Gasteiger partial charge in [-0.05, 0) is 80.8 Å². The van der Waals surface area contributed by atoms with Gasteiger partial charge in [-0.1, -0.05) is 24.3 Å². The van der Waals surface area contributed by atoms with Crippen molar-refractivity contribution in [2.45, 2.75) is 32.6 Å². The quantitative estimate of drug-likeness (QED) is 0.343. The van der Waals surface area contributed by atoms with E-state index in [2.05, 4.69) is 0 Å². The van der Waals surface area contributed by atoms with E-state index in [1.807, 2.05) is 13.8 Å². The third-order valence-electron chi connectivity index (χ3n) is 5.99. The molecule has 0 saturated carbocycles. The lowest BCUT2D eigenvalue weighted by Gasteiger charge is -2.24. The molecule has 0 fully saturated rings. The van der Waals surface area contributed by atoms with Crippen molar-refractivity contribution in [2.24, 2.45) is 0 Å². The minimum absolute atomic E-state index is 0.0292.